The van der Waals surface area contributed by atoms with Gasteiger partial charge in [0.15, 0.2) is 11.6 Å². The predicted molar refractivity (Wildman–Crippen MR) is 89.0 cm³/mol. The molecule has 1 saturated heterocycles. The molecule has 24 heavy (non-hydrogen) atoms. The van der Waals surface area contributed by atoms with E-state index in [9.17, 15) is 18.4 Å². The van der Waals surface area contributed by atoms with E-state index >= 15 is 0 Å². The third kappa shape index (κ3) is 5.14. The van der Waals surface area contributed by atoms with Crippen LogP contribution in [0.2, 0.25) is 0 Å². The van der Waals surface area contributed by atoms with Crippen molar-refractivity contribution in [2.45, 2.75) is 31.7 Å². The van der Waals surface area contributed by atoms with Gasteiger partial charge in [0.2, 0.25) is 5.91 Å². The average molecular weight is 362 g/mol. The maximum absolute atomic E-state index is 13.3. The molecule has 8 heteroatoms. The lowest BCUT2D eigenvalue weighted by atomic mass is 10.0. The van der Waals surface area contributed by atoms with Crippen LogP contribution >= 0.6 is 12.4 Å². The first-order chi connectivity index (χ1) is 11.0. The zero-order valence-electron chi connectivity index (χ0n) is 13.3. The number of likely N-dealkylation sites (tertiary alicyclic amines) is 1. The van der Waals surface area contributed by atoms with Gasteiger partial charge in [-0.3, -0.25) is 9.59 Å². The van der Waals surface area contributed by atoms with Gasteiger partial charge in [-0.1, -0.05) is 0 Å². The maximum atomic E-state index is 13.3. The van der Waals surface area contributed by atoms with Crippen LogP contribution < -0.4 is 11.1 Å². The highest BCUT2D eigenvalue weighted by Crippen LogP contribution is 2.20. The van der Waals surface area contributed by atoms with E-state index in [0.29, 0.717) is 13.1 Å². The lowest BCUT2D eigenvalue weighted by molar-refractivity contribution is -0.121. The van der Waals surface area contributed by atoms with Crippen LogP contribution in [0.4, 0.5) is 8.78 Å². The van der Waals surface area contributed by atoms with Crippen LogP contribution in [-0.4, -0.2) is 42.4 Å². The third-order valence-corrected chi connectivity index (χ3v) is 3.96. The highest BCUT2D eigenvalue weighted by molar-refractivity contribution is 5.94. The first kappa shape index (κ1) is 20.3. The summed E-state index contributed by atoms with van der Waals surface area (Å²) in [5.74, 6) is -2.52. The van der Waals surface area contributed by atoms with E-state index in [2.05, 4.69) is 5.32 Å². The van der Waals surface area contributed by atoms with Gasteiger partial charge in [-0.25, -0.2) is 8.78 Å². The van der Waals surface area contributed by atoms with Gasteiger partial charge in [-0.15, -0.1) is 12.4 Å². The number of rotatable bonds is 5. The van der Waals surface area contributed by atoms with Crippen molar-refractivity contribution in [3.8, 4) is 0 Å². The quantitative estimate of drug-likeness (QED) is 0.840. The Morgan fingerprint density at radius 1 is 1.25 bits per heavy atom. The van der Waals surface area contributed by atoms with Gasteiger partial charge in [0, 0.05) is 37.7 Å². The van der Waals surface area contributed by atoms with Crippen LogP contribution in [0.15, 0.2) is 18.2 Å². The van der Waals surface area contributed by atoms with Crippen LogP contribution in [0.5, 0.6) is 0 Å². The van der Waals surface area contributed by atoms with E-state index in [1.54, 1.807) is 4.90 Å². The monoisotopic (exact) mass is 361 g/mol. The normalized spacial score (nSPS) is 17.1. The third-order valence-electron chi connectivity index (χ3n) is 3.96. The number of nitrogens with zero attached hydrogens (tertiary/aromatic N) is 1. The van der Waals surface area contributed by atoms with Crippen LogP contribution in [0.1, 0.15) is 36.0 Å². The molecule has 1 atom stereocenters. The molecule has 134 valence electrons. The fraction of sp³-hybridized carbons (Fsp3) is 0.500. The van der Waals surface area contributed by atoms with Crippen LogP contribution in [0, 0.1) is 11.6 Å². The zero-order chi connectivity index (χ0) is 16.8. The minimum atomic E-state index is -1.04. The molecule has 2 amide bonds. The SMILES string of the molecule is Cl.NCCC(=O)NCC1CCCCN1C(=O)c1ccc(F)c(F)c1. The molecule has 0 aliphatic carbocycles. The molecular formula is C16H22ClF2N3O2. The highest BCUT2D eigenvalue weighted by atomic mass is 35.5. The van der Waals surface area contributed by atoms with E-state index < -0.39 is 11.6 Å². The summed E-state index contributed by atoms with van der Waals surface area (Å²) in [6.07, 6.45) is 2.81. The Bertz CT molecular complexity index is 586. The second-order valence-corrected chi connectivity index (χ2v) is 5.62. The molecule has 0 saturated carbocycles. The highest BCUT2D eigenvalue weighted by Gasteiger charge is 2.28. The Hall–Kier alpha value is -1.73. The Morgan fingerprint density at radius 3 is 2.67 bits per heavy atom. The number of amides is 2. The molecule has 1 aromatic carbocycles. The van der Waals surface area contributed by atoms with Gasteiger partial charge in [0.1, 0.15) is 0 Å². The molecule has 0 spiro atoms. The second kappa shape index (κ2) is 9.54. The van der Waals surface area contributed by atoms with E-state index in [4.69, 9.17) is 5.73 Å². The van der Waals surface area contributed by atoms with Crippen molar-refractivity contribution in [2.75, 3.05) is 19.6 Å². The van der Waals surface area contributed by atoms with Crippen LogP contribution in [0.25, 0.3) is 0 Å². The summed E-state index contributed by atoms with van der Waals surface area (Å²) in [6.45, 7) is 1.15. The summed E-state index contributed by atoms with van der Waals surface area (Å²) in [5, 5.41) is 2.76. The summed E-state index contributed by atoms with van der Waals surface area (Å²) < 4.78 is 26.3. The van der Waals surface area contributed by atoms with Gasteiger partial charge in [-0.05, 0) is 37.5 Å². The Morgan fingerprint density at radius 2 is 2.00 bits per heavy atom. The molecule has 1 heterocycles. The summed E-state index contributed by atoms with van der Waals surface area (Å²) in [4.78, 5) is 25.7. The summed E-state index contributed by atoms with van der Waals surface area (Å²) in [7, 11) is 0. The molecule has 2 rings (SSSR count). The number of hydrogen-bond acceptors (Lipinski definition) is 3. The molecule has 0 aromatic heterocycles. The Kier molecular flexibility index (Phi) is 8.07. The first-order valence-electron chi connectivity index (χ1n) is 7.75. The maximum Gasteiger partial charge on any atom is 0.254 e. The van der Waals surface area contributed by atoms with E-state index in [1.165, 1.54) is 6.07 Å². The lowest BCUT2D eigenvalue weighted by Gasteiger charge is -2.36. The van der Waals surface area contributed by atoms with Crippen molar-refractivity contribution < 1.29 is 18.4 Å². The zero-order valence-corrected chi connectivity index (χ0v) is 14.1. The van der Waals surface area contributed by atoms with Gasteiger partial charge in [-0.2, -0.15) is 0 Å². The molecular weight excluding hydrogens is 340 g/mol. The number of carbonyl (C=O) groups is 2. The largest absolute Gasteiger partial charge is 0.354 e. The smallest absolute Gasteiger partial charge is 0.254 e. The molecule has 1 aromatic rings. The summed E-state index contributed by atoms with van der Waals surface area (Å²) >= 11 is 0. The number of halogens is 3. The predicted octanol–water partition coefficient (Wildman–Crippen LogP) is 1.85. The molecule has 0 radical (unpaired) electrons. The van der Waals surface area contributed by atoms with Crippen molar-refractivity contribution >= 4 is 24.2 Å². The molecule has 3 N–H and O–H groups in total. The summed E-state index contributed by atoms with van der Waals surface area (Å²) in [5.41, 5.74) is 5.44. The van der Waals surface area contributed by atoms with E-state index in [0.717, 1.165) is 31.4 Å². The fourth-order valence-corrected chi connectivity index (χ4v) is 2.73. The number of nitrogens with one attached hydrogen (secondary N) is 1. The van der Waals surface area contributed by atoms with Crippen LogP contribution in [0.3, 0.4) is 0 Å². The molecule has 0 bridgehead atoms. The number of nitrogens with two attached hydrogens (primary N) is 1. The molecule has 1 unspecified atom stereocenters. The van der Waals surface area contributed by atoms with Crippen molar-refractivity contribution in [1.82, 2.24) is 10.2 Å². The molecule has 1 fully saturated rings. The first-order valence-corrected chi connectivity index (χ1v) is 7.75. The van der Waals surface area contributed by atoms with Crippen molar-refractivity contribution in [3.05, 3.63) is 35.4 Å². The van der Waals surface area contributed by atoms with Crippen molar-refractivity contribution in [2.24, 2.45) is 5.73 Å². The van der Waals surface area contributed by atoms with Gasteiger partial charge >= 0.3 is 0 Å². The van der Waals surface area contributed by atoms with Gasteiger partial charge in [0.05, 0.1) is 0 Å². The molecule has 1 aliphatic rings. The average Bonchev–Trinajstić information content (AvgIpc) is 2.55. The number of hydrogen-bond donors (Lipinski definition) is 2. The lowest BCUT2D eigenvalue weighted by Crippen LogP contribution is -2.49. The minimum absolute atomic E-state index is 0. The Balaban J connectivity index is 0.00000288. The van der Waals surface area contributed by atoms with Crippen molar-refractivity contribution in [1.29, 1.82) is 0 Å². The van der Waals surface area contributed by atoms with Crippen LogP contribution in [-0.2, 0) is 4.79 Å². The second-order valence-electron chi connectivity index (χ2n) is 5.62. The van der Waals surface area contributed by atoms with Crippen molar-refractivity contribution in [3.63, 3.8) is 0 Å². The number of benzene rings is 1. The fourth-order valence-electron chi connectivity index (χ4n) is 2.73. The minimum Gasteiger partial charge on any atom is -0.354 e. The van der Waals surface area contributed by atoms with E-state index in [-0.39, 0.29) is 48.8 Å². The topological polar surface area (TPSA) is 75.4 Å². The number of carbonyl (C=O) groups excluding carboxylic acids is 2. The van der Waals surface area contributed by atoms with Gasteiger partial charge in [0.25, 0.3) is 5.91 Å². The summed E-state index contributed by atoms with van der Waals surface area (Å²) in [6, 6.07) is 2.99. The van der Waals surface area contributed by atoms with Gasteiger partial charge < -0.3 is 16.0 Å². The van der Waals surface area contributed by atoms with E-state index in [1.807, 2.05) is 0 Å². The molecule has 5 nitrogen and oxygen atoms in total. The Labute approximate surface area is 146 Å². The number of piperidine rings is 1. The molecule has 1 aliphatic heterocycles. The standard InChI is InChI=1S/C16H21F2N3O2.ClH/c17-13-5-4-11(9-14(13)18)16(23)21-8-2-1-3-12(21)10-20-15(22)6-7-19;/h4-5,9,12H,1-3,6-8,10,19H2,(H,20,22);1H.